The summed E-state index contributed by atoms with van der Waals surface area (Å²) in [6.07, 6.45) is 0.919. The van der Waals surface area contributed by atoms with Gasteiger partial charge in [-0.1, -0.05) is 22.0 Å². The fourth-order valence-electron chi connectivity index (χ4n) is 1.40. The molecule has 1 aromatic rings. The molecule has 0 saturated carbocycles. The van der Waals surface area contributed by atoms with Gasteiger partial charge in [0.1, 0.15) is 12.4 Å². The van der Waals surface area contributed by atoms with E-state index in [2.05, 4.69) is 15.9 Å². The third-order valence-corrected chi connectivity index (χ3v) is 2.79. The first-order chi connectivity index (χ1) is 9.33. The zero-order valence-corrected chi connectivity index (χ0v) is 12.9. The Morgan fingerprint density at radius 3 is 2.42 bits per heavy atom. The van der Waals surface area contributed by atoms with E-state index < -0.39 is 0 Å². The second-order valence-electron chi connectivity index (χ2n) is 3.88. The molecule has 0 N–H and O–H groups in total. The van der Waals surface area contributed by atoms with Crippen LogP contribution in [0.4, 0.5) is 0 Å². The molecule has 0 radical (unpaired) electrons. The minimum absolute atomic E-state index is 0.542. The van der Waals surface area contributed by atoms with Gasteiger partial charge in [0.25, 0.3) is 0 Å². The average Bonchev–Trinajstić information content (AvgIpc) is 2.41. The maximum atomic E-state index is 5.53. The summed E-state index contributed by atoms with van der Waals surface area (Å²) in [6.45, 7) is 3.76. The van der Waals surface area contributed by atoms with Crippen LogP contribution in [0.5, 0.6) is 5.75 Å². The lowest BCUT2D eigenvalue weighted by atomic mass is 10.3. The molecular weight excluding hydrogens is 312 g/mol. The highest BCUT2D eigenvalue weighted by atomic mass is 79.9. The molecule has 1 rings (SSSR count). The van der Waals surface area contributed by atoms with Crippen molar-refractivity contribution >= 4 is 15.9 Å². The molecule has 0 aliphatic carbocycles. The van der Waals surface area contributed by atoms with Crippen LogP contribution in [-0.4, -0.2) is 46.8 Å². The van der Waals surface area contributed by atoms with Crippen molar-refractivity contribution in [2.45, 2.75) is 6.42 Å². The Hall–Kier alpha value is -0.620. The minimum Gasteiger partial charge on any atom is -0.491 e. The third-order valence-electron chi connectivity index (χ3n) is 2.30. The maximum absolute atomic E-state index is 5.53. The molecular formula is C14H21BrO4. The lowest BCUT2D eigenvalue weighted by Crippen LogP contribution is -2.11. The van der Waals surface area contributed by atoms with Gasteiger partial charge in [-0.2, -0.15) is 0 Å². The fraction of sp³-hybridized carbons (Fsp3) is 0.571. The first-order valence-electron chi connectivity index (χ1n) is 6.35. The zero-order valence-electron chi connectivity index (χ0n) is 11.3. The van der Waals surface area contributed by atoms with Crippen LogP contribution >= 0.6 is 15.9 Å². The van der Waals surface area contributed by atoms with E-state index in [4.69, 9.17) is 18.9 Å². The largest absolute Gasteiger partial charge is 0.491 e. The summed E-state index contributed by atoms with van der Waals surface area (Å²) in [4.78, 5) is 0. The van der Waals surface area contributed by atoms with E-state index in [1.54, 1.807) is 7.11 Å². The number of methoxy groups -OCH3 is 1. The number of halogens is 1. The standard InChI is InChI=1S/C14H21BrO4/c1-16-6-3-7-17-8-9-18-10-11-19-14-5-2-4-13(15)12-14/h2,4-5,12H,3,6-11H2,1H3. The summed E-state index contributed by atoms with van der Waals surface area (Å²) in [5.74, 6) is 0.841. The van der Waals surface area contributed by atoms with E-state index in [1.165, 1.54) is 0 Å². The first-order valence-corrected chi connectivity index (χ1v) is 7.15. The van der Waals surface area contributed by atoms with Crippen LogP contribution in [0.15, 0.2) is 28.7 Å². The Morgan fingerprint density at radius 2 is 1.68 bits per heavy atom. The molecule has 0 aliphatic heterocycles. The summed E-state index contributed by atoms with van der Waals surface area (Å²) >= 11 is 3.39. The molecule has 108 valence electrons. The molecule has 0 bridgehead atoms. The quantitative estimate of drug-likeness (QED) is 0.584. The van der Waals surface area contributed by atoms with Crippen molar-refractivity contribution in [1.82, 2.24) is 0 Å². The van der Waals surface area contributed by atoms with E-state index >= 15 is 0 Å². The SMILES string of the molecule is COCCCOCCOCCOc1cccc(Br)c1. The Kier molecular flexibility index (Phi) is 9.71. The summed E-state index contributed by atoms with van der Waals surface area (Å²) in [6, 6.07) is 7.75. The molecule has 0 aliphatic rings. The molecule has 0 aromatic heterocycles. The summed E-state index contributed by atoms with van der Waals surface area (Å²) < 4.78 is 22.2. The zero-order chi connectivity index (χ0) is 13.8. The van der Waals surface area contributed by atoms with Crippen molar-refractivity contribution in [2.75, 3.05) is 46.8 Å². The average molecular weight is 333 g/mol. The van der Waals surface area contributed by atoms with Gasteiger partial charge in [0.05, 0.1) is 19.8 Å². The maximum Gasteiger partial charge on any atom is 0.120 e. The van der Waals surface area contributed by atoms with Gasteiger partial charge in [-0.3, -0.25) is 0 Å². The predicted molar refractivity (Wildman–Crippen MR) is 77.8 cm³/mol. The topological polar surface area (TPSA) is 36.9 Å². The lowest BCUT2D eigenvalue weighted by molar-refractivity contribution is 0.0304. The lowest BCUT2D eigenvalue weighted by Gasteiger charge is -2.08. The molecule has 0 atom stereocenters. The molecule has 0 unspecified atom stereocenters. The number of rotatable bonds is 11. The van der Waals surface area contributed by atoms with Gasteiger partial charge in [0.2, 0.25) is 0 Å². The van der Waals surface area contributed by atoms with Gasteiger partial charge < -0.3 is 18.9 Å². The van der Waals surface area contributed by atoms with Gasteiger partial charge in [-0.05, 0) is 24.6 Å². The van der Waals surface area contributed by atoms with Crippen molar-refractivity contribution in [1.29, 1.82) is 0 Å². The van der Waals surface area contributed by atoms with Crippen LogP contribution in [0.25, 0.3) is 0 Å². The Bertz CT molecular complexity index is 333. The summed E-state index contributed by atoms with van der Waals surface area (Å²) in [5, 5.41) is 0. The van der Waals surface area contributed by atoms with Crippen LogP contribution in [-0.2, 0) is 14.2 Å². The van der Waals surface area contributed by atoms with Gasteiger partial charge in [0.15, 0.2) is 0 Å². The van der Waals surface area contributed by atoms with Crippen LogP contribution in [0.3, 0.4) is 0 Å². The Morgan fingerprint density at radius 1 is 0.947 bits per heavy atom. The molecule has 0 heterocycles. The van der Waals surface area contributed by atoms with Crippen molar-refractivity contribution in [3.8, 4) is 5.75 Å². The Labute approximate surface area is 123 Å². The molecule has 4 nitrogen and oxygen atoms in total. The second kappa shape index (κ2) is 11.2. The van der Waals surface area contributed by atoms with E-state index in [1.807, 2.05) is 24.3 Å². The highest BCUT2D eigenvalue weighted by Gasteiger charge is 1.95. The molecule has 0 saturated heterocycles. The normalized spacial score (nSPS) is 10.6. The van der Waals surface area contributed by atoms with Crippen LogP contribution in [0.2, 0.25) is 0 Å². The summed E-state index contributed by atoms with van der Waals surface area (Å²) in [7, 11) is 1.69. The van der Waals surface area contributed by atoms with Gasteiger partial charge >= 0.3 is 0 Å². The number of benzene rings is 1. The molecule has 19 heavy (non-hydrogen) atoms. The molecule has 0 fully saturated rings. The first kappa shape index (κ1) is 16.4. The van der Waals surface area contributed by atoms with Crippen LogP contribution in [0, 0.1) is 0 Å². The van der Waals surface area contributed by atoms with E-state index in [0.717, 1.165) is 23.2 Å². The predicted octanol–water partition coefficient (Wildman–Crippen LogP) is 2.90. The highest BCUT2D eigenvalue weighted by Crippen LogP contribution is 2.17. The fourth-order valence-corrected chi connectivity index (χ4v) is 1.78. The van der Waals surface area contributed by atoms with Crippen molar-refractivity contribution in [3.05, 3.63) is 28.7 Å². The van der Waals surface area contributed by atoms with Gasteiger partial charge in [0, 0.05) is 24.8 Å². The molecule has 0 spiro atoms. The molecule has 0 amide bonds. The Balaban J connectivity index is 1.89. The number of ether oxygens (including phenoxy) is 4. The number of hydrogen-bond acceptors (Lipinski definition) is 4. The van der Waals surface area contributed by atoms with Crippen LogP contribution < -0.4 is 4.74 Å². The third kappa shape index (κ3) is 8.99. The van der Waals surface area contributed by atoms with E-state index in [-0.39, 0.29) is 0 Å². The van der Waals surface area contributed by atoms with Crippen molar-refractivity contribution in [2.24, 2.45) is 0 Å². The highest BCUT2D eigenvalue weighted by molar-refractivity contribution is 9.10. The van der Waals surface area contributed by atoms with Crippen molar-refractivity contribution in [3.63, 3.8) is 0 Å². The smallest absolute Gasteiger partial charge is 0.120 e. The van der Waals surface area contributed by atoms with E-state index in [9.17, 15) is 0 Å². The van der Waals surface area contributed by atoms with Crippen LogP contribution in [0.1, 0.15) is 6.42 Å². The monoisotopic (exact) mass is 332 g/mol. The van der Waals surface area contributed by atoms with Gasteiger partial charge in [-0.25, -0.2) is 0 Å². The molecule has 5 heteroatoms. The van der Waals surface area contributed by atoms with E-state index in [0.29, 0.717) is 33.0 Å². The minimum atomic E-state index is 0.542. The molecule has 1 aromatic carbocycles. The summed E-state index contributed by atoms with van der Waals surface area (Å²) in [5.41, 5.74) is 0. The van der Waals surface area contributed by atoms with Crippen molar-refractivity contribution < 1.29 is 18.9 Å². The number of hydrogen-bond donors (Lipinski definition) is 0. The second-order valence-corrected chi connectivity index (χ2v) is 4.79. The van der Waals surface area contributed by atoms with Gasteiger partial charge in [-0.15, -0.1) is 0 Å².